The minimum Gasteiger partial charge on any atom is -0.482 e. The van der Waals surface area contributed by atoms with Crippen LogP contribution in [0.2, 0.25) is 10.0 Å². The molecule has 0 aliphatic heterocycles. The lowest BCUT2D eigenvalue weighted by atomic mass is 10.2. The van der Waals surface area contributed by atoms with Gasteiger partial charge in [-0.25, -0.2) is 8.42 Å². The van der Waals surface area contributed by atoms with Crippen LogP contribution in [0.25, 0.3) is 0 Å². The van der Waals surface area contributed by atoms with Crippen LogP contribution in [0.1, 0.15) is 19.4 Å². The third-order valence-corrected chi connectivity index (χ3v) is 6.14. The van der Waals surface area contributed by atoms with Crippen LogP contribution >= 0.6 is 23.2 Å². The zero-order chi connectivity index (χ0) is 20.9. The highest BCUT2D eigenvalue weighted by Gasteiger charge is 2.18. The molecule has 1 amide bonds. The molecule has 28 heavy (non-hydrogen) atoms. The maximum atomic E-state index is 12.6. The molecule has 0 aliphatic carbocycles. The number of halogens is 2. The Labute approximate surface area is 175 Å². The van der Waals surface area contributed by atoms with Gasteiger partial charge >= 0.3 is 0 Å². The Morgan fingerprint density at radius 1 is 1.11 bits per heavy atom. The van der Waals surface area contributed by atoms with E-state index in [4.69, 9.17) is 27.9 Å². The molecule has 0 spiro atoms. The third-order valence-electron chi connectivity index (χ3n) is 4.09. The number of nitrogens with zero attached hydrogens (tertiary/aromatic N) is 1. The van der Waals surface area contributed by atoms with Crippen LogP contribution in [0.15, 0.2) is 41.3 Å². The summed E-state index contributed by atoms with van der Waals surface area (Å²) in [5.74, 6) is 0.145. The van der Waals surface area contributed by atoms with E-state index in [0.29, 0.717) is 29.4 Å². The summed E-state index contributed by atoms with van der Waals surface area (Å²) in [7, 11) is -3.83. The topological polar surface area (TPSA) is 75.7 Å². The van der Waals surface area contributed by atoms with Gasteiger partial charge in [-0.2, -0.15) is 0 Å². The molecule has 0 radical (unpaired) electrons. The Bertz CT molecular complexity index is 960. The highest BCUT2D eigenvalue weighted by molar-refractivity contribution is 7.92. The van der Waals surface area contributed by atoms with Crippen molar-refractivity contribution in [1.82, 2.24) is 4.90 Å². The highest BCUT2D eigenvalue weighted by atomic mass is 35.5. The predicted octanol–water partition coefficient (Wildman–Crippen LogP) is 4.35. The van der Waals surface area contributed by atoms with Crippen LogP contribution in [-0.2, 0) is 14.8 Å². The first kappa shape index (κ1) is 22.3. The monoisotopic (exact) mass is 444 g/mol. The van der Waals surface area contributed by atoms with E-state index in [2.05, 4.69) is 4.72 Å². The Balaban J connectivity index is 2.14. The number of hydrogen-bond donors (Lipinski definition) is 1. The van der Waals surface area contributed by atoms with Gasteiger partial charge < -0.3 is 9.64 Å². The molecule has 2 rings (SSSR count). The summed E-state index contributed by atoms with van der Waals surface area (Å²) in [6.07, 6.45) is 0. The third kappa shape index (κ3) is 5.53. The number of sulfonamides is 1. The summed E-state index contributed by atoms with van der Waals surface area (Å²) < 4.78 is 33.2. The van der Waals surface area contributed by atoms with E-state index in [1.165, 1.54) is 24.3 Å². The summed E-state index contributed by atoms with van der Waals surface area (Å²) in [5, 5.41) is 0.515. The zero-order valence-corrected chi connectivity index (χ0v) is 18.2. The Hall–Kier alpha value is -1.96. The number of amides is 1. The minimum atomic E-state index is -3.83. The second-order valence-corrected chi connectivity index (χ2v) is 8.51. The van der Waals surface area contributed by atoms with Gasteiger partial charge in [0, 0.05) is 18.1 Å². The summed E-state index contributed by atoms with van der Waals surface area (Å²) in [6.45, 7) is 6.50. The first-order chi connectivity index (χ1) is 13.2. The zero-order valence-electron chi connectivity index (χ0n) is 15.8. The molecule has 152 valence electrons. The molecule has 0 aliphatic rings. The second-order valence-electron chi connectivity index (χ2n) is 6.02. The molecule has 0 unspecified atom stereocenters. The van der Waals surface area contributed by atoms with E-state index in [0.717, 1.165) is 0 Å². The number of likely N-dealkylation sites (N-methyl/N-ethyl adjacent to an activating group) is 1. The van der Waals surface area contributed by atoms with E-state index in [1.807, 2.05) is 13.8 Å². The van der Waals surface area contributed by atoms with Crippen LogP contribution in [0.3, 0.4) is 0 Å². The fourth-order valence-corrected chi connectivity index (χ4v) is 4.36. The molecule has 0 saturated heterocycles. The second kappa shape index (κ2) is 9.49. The number of aryl methyl sites for hydroxylation is 1. The van der Waals surface area contributed by atoms with Crippen molar-refractivity contribution in [2.45, 2.75) is 25.7 Å². The van der Waals surface area contributed by atoms with E-state index in [1.54, 1.807) is 24.0 Å². The molecule has 0 fully saturated rings. The van der Waals surface area contributed by atoms with Crippen molar-refractivity contribution in [2.75, 3.05) is 24.4 Å². The fraction of sp³-hybridized carbons (Fsp3) is 0.316. The highest BCUT2D eigenvalue weighted by Crippen LogP contribution is 2.29. The van der Waals surface area contributed by atoms with Gasteiger partial charge in [0.1, 0.15) is 5.75 Å². The summed E-state index contributed by atoms with van der Waals surface area (Å²) in [5.41, 5.74) is 0.838. The maximum Gasteiger partial charge on any atom is 0.262 e. The molecule has 0 atom stereocenters. The lowest BCUT2D eigenvalue weighted by Crippen LogP contribution is -2.34. The van der Waals surface area contributed by atoms with Crippen LogP contribution in [0.5, 0.6) is 5.75 Å². The lowest BCUT2D eigenvalue weighted by molar-refractivity contribution is -0.132. The summed E-state index contributed by atoms with van der Waals surface area (Å²) in [4.78, 5) is 13.7. The molecular formula is C19H22Cl2N2O4S. The Morgan fingerprint density at radius 2 is 1.79 bits per heavy atom. The molecule has 0 heterocycles. The number of nitrogens with one attached hydrogen (secondary N) is 1. The fourth-order valence-electron chi connectivity index (χ4n) is 2.56. The van der Waals surface area contributed by atoms with Gasteiger partial charge in [-0.05, 0) is 56.7 Å². The van der Waals surface area contributed by atoms with Gasteiger partial charge in [-0.3, -0.25) is 9.52 Å². The summed E-state index contributed by atoms with van der Waals surface area (Å²) in [6, 6.07) is 9.10. The van der Waals surface area contributed by atoms with Gasteiger partial charge in [0.2, 0.25) is 0 Å². The normalized spacial score (nSPS) is 11.2. The van der Waals surface area contributed by atoms with Crippen LogP contribution in [0.4, 0.5) is 5.69 Å². The first-order valence-corrected chi connectivity index (χ1v) is 10.9. The van der Waals surface area contributed by atoms with Gasteiger partial charge in [0.05, 0.1) is 15.6 Å². The van der Waals surface area contributed by atoms with Gasteiger partial charge in [-0.15, -0.1) is 0 Å². The molecule has 0 aromatic heterocycles. The largest absolute Gasteiger partial charge is 0.482 e. The number of rotatable bonds is 8. The lowest BCUT2D eigenvalue weighted by Gasteiger charge is -2.19. The standard InChI is InChI=1S/C19H22Cl2N2O4S/c1-4-23(5-2)19(24)12-27-17-9-8-15(11-16(17)21)22-28(25,26)18-10-14(20)7-6-13(18)3/h6-11,22H,4-5,12H2,1-3H3. The van der Waals surface area contributed by atoms with Crippen molar-refractivity contribution < 1.29 is 17.9 Å². The van der Waals surface area contributed by atoms with Crippen LogP contribution < -0.4 is 9.46 Å². The van der Waals surface area contributed by atoms with Crippen LogP contribution in [-0.4, -0.2) is 38.9 Å². The van der Waals surface area contributed by atoms with Crippen molar-refractivity contribution in [2.24, 2.45) is 0 Å². The number of anilines is 1. The number of ether oxygens (including phenoxy) is 1. The minimum absolute atomic E-state index is 0.0845. The van der Waals surface area contributed by atoms with E-state index in [-0.39, 0.29) is 28.1 Å². The molecule has 9 heteroatoms. The summed E-state index contributed by atoms with van der Waals surface area (Å²) >= 11 is 12.1. The number of hydrogen-bond acceptors (Lipinski definition) is 4. The first-order valence-electron chi connectivity index (χ1n) is 8.67. The van der Waals surface area contributed by atoms with Crippen molar-refractivity contribution in [3.63, 3.8) is 0 Å². The van der Waals surface area contributed by atoms with Crippen molar-refractivity contribution in [1.29, 1.82) is 0 Å². The average molecular weight is 445 g/mol. The molecule has 1 N–H and O–H groups in total. The number of benzene rings is 2. The van der Waals surface area contributed by atoms with Crippen LogP contribution in [0, 0.1) is 6.92 Å². The Kier molecular flexibility index (Phi) is 7.57. The molecule has 6 nitrogen and oxygen atoms in total. The quantitative estimate of drug-likeness (QED) is 0.656. The van der Waals surface area contributed by atoms with Crippen molar-refractivity contribution >= 4 is 44.8 Å². The number of carbonyl (C=O) groups is 1. The van der Waals surface area contributed by atoms with Crippen molar-refractivity contribution in [3.05, 3.63) is 52.0 Å². The van der Waals surface area contributed by atoms with Gasteiger partial charge in [0.25, 0.3) is 15.9 Å². The number of carbonyl (C=O) groups excluding carboxylic acids is 1. The molecule has 0 saturated carbocycles. The van der Waals surface area contributed by atoms with Gasteiger partial charge in [-0.1, -0.05) is 29.3 Å². The van der Waals surface area contributed by atoms with Gasteiger partial charge in [0.15, 0.2) is 6.61 Å². The SMILES string of the molecule is CCN(CC)C(=O)COc1ccc(NS(=O)(=O)c2cc(Cl)ccc2C)cc1Cl. The predicted molar refractivity (Wildman–Crippen MR) is 112 cm³/mol. The van der Waals surface area contributed by atoms with Crippen molar-refractivity contribution in [3.8, 4) is 5.75 Å². The molecule has 2 aromatic rings. The molecule has 0 bridgehead atoms. The molecule has 2 aromatic carbocycles. The van der Waals surface area contributed by atoms with E-state index in [9.17, 15) is 13.2 Å². The van der Waals surface area contributed by atoms with E-state index >= 15 is 0 Å². The smallest absolute Gasteiger partial charge is 0.262 e. The maximum absolute atomic E-state index is 12.6. The molecular weight excluding hydrogens is 423 g/mol. The Morgan fingerprint density at radius 3 is 2.39 bits per heavy atom. The van der Waals surface area contributed by atoms with E-state index < -0.39 is 10.0 Å². The average Bonchev–Trinajstić information content (AvgIpc) is 2.63.